The summed E-state index contributed by atoms with van der Waals surface area (Å²) in [5.41, 5.74) is 0.801. The topological polar surface area (TPSA) is 58.2 Å². The Labute approximate surface area is 99.2 Å². The fourth-order valence-electron chi connectivity index (χ4n) is 1.31. The predicted molar refractivity (Wildman–Crippen MR) is 61.5 cm³/mol. The molecule has 1 aromatic carbocycles. The molecule has 1 atom stereocenters. The number of nitrogens with one attached hydrogen (secondary N) is 2. The van der Waals surface area contributed by atoms with Gasteiger partial charge < -0.3 is 10.6 Å². The van der Waals surface area contributed by atoms with Crippen molar-refractivity contribution in [1.82, 2.24) is 10.6 Å². The largest absolute Gasteiger partial charge is 0.350 e. The zero-order chi connectivity index (χ0) is 12.8. The summed E-state index contributed by atoms with van der Waals surface area (Å²) in [5, 5.41) is 5.12. The second kappa shape index (κ2) is 5.98. The molecule has 0 aliphatic rings. The summed E-state index contributed by atoms with van der Waals surface area (Å²) in [7, 11) is 0. The van der Waals surface area contributed by atoms with Crippen LogP contribution in [0.2, 0.25) is 0 Å². The summed E-state index contributed by atoms with van der Waals surface area (Å²) in [4.78, 5) is 22.3. The summed E-state index contributed by atoms with van der Waals surface area (Å²) >= 11 is 0. The first-order valence-corrected chi connectivity index (χ1v) is 5.28. The molecular weight excluding hydrogens is 223 g/mol. The second-order valence-electron chi connectivity index (χ2n) is 3.77. The van der Waals surface area contributed by atoms with Crippen LogP contribution >= 0.6 is 0 Å². The highest BCUT2D eigenvalue weighted by molar-refractivity contribution is 5.86. The maximum absolute atomic E-state index is 12.6. The first-order chi connectivity index (χ1) is 7.99. The van der Waals surface area contributed by atoms with Crippen molar-refractivity contribution in [3.8, 4) is 0 Å². The molecule has 0 aliphatic carbocycles. The Morgan fingerprint density at radius 3 is 2.41 bits per heavy atom. The lowest BCUT2D eigenvalue weighted by Gasteiger charge is -2.12. The standard InChI is InChI=1S/C12H15FN2O2/c1-8(15-9(2)16)12(17)14-7-10-3-5-11(13)6-4-10/h3-6,8H,7H2,1-2H3,(H,14,17)(H,15,16). The van der Waals surface area contributed by atoms with E-state index in [0.29, 0.717) is 6.54 Å². The fraction of sp³-hybridized carbons (Fsp3) is 0.333. The maximum Gasteiger partial charge on any atom is 0.242 e. The van der Waals surface area contributed by atoms with Crippen molar-refractivity contribution >= 4 is 11.8 Å². The van der Waals surface area contributed by atoms with E-state index < -0.39 is 6.04 Å². The monoisotopic (exact) mass is 238 g/mol. The summed E-state index contributed by atoms with van der Waals surface area (Å²) in [5.74, 6) is -0.842. The van der Waals surface area contributed by atoms with Gasteiger partial charge in [-0.2, -0.15) is 0 Å². The average molecular weight is 238 g/mol. The number of halogens is 1. The predicted octanol–water partition coefficient (Wildman–Crippen LogP) is 0.966. The Kier molecular flexibility index (Phi) is 4.63. The van der Waals surface area contributed by atoms with E-state index in [4.69, 9.17) is 0 Å². The van der Waals surface area contributed by atoms with Gasteiger partial charge in [-0.3, -0.25) is 9.59 Å². The fourth-order valence-corrected chi connectivity index (χ4v) is 1.31. The van der Waals surface area contributed by atoms with Crippen molar-refractivity contribution < 1.29 is 14.0 Å². The Morgan fingerprint density at radius 2 is 1.88 bits per heavy atom. The lowest BCUT2D eigenvalue weighted by atomic mass is 10.2. The number of benzene rings is 1. The van der Waals surface area contributed by atoms with E-state index in [0.717, 1.165) is 5.56 Å². The van der Waals surface area contributed by atoms with Crippen molar-refractivity contribution in [2.45, 2.75) is 26.4 Å². The van der Waals surface area contributed by atoms with Crippen LogP contribution in [0.1, 0.15) is 19.4 Å². The van der Waals surface area contributed by atoms with E-state index in [-0.39, 0.29) is 17.6 Å². The van der Waals surface area contributed by atoms with Crippen LogP contribution in [0, 0.1) is 5.82 Å². The summed E-state index contributed by atoms with van der Waals surface area (Å²) < 4.78 is 12.6. The zero-order valence-electron chi connectivity index (χ0n) is 9.79. The highest BCUT2D eigenvalue weighted by Crippen LogP contribution is 2.02. The molecule has 1 aromatic rings. The maximum atomic E-state index is 12.6. The van der Waals surface area contributed by atoms with Gasteiger partial charge >= 0.3 is 0 Å². The van der Waals surface area contributed by atoms with Crippen molar-refractivity contribution in [2.75, 3.05) is 0 Å². The molecule has 2 N–H and O–H groups in total. The van der Waals surface area contributed by atoms with Crippen molar-refractivity contribution in [2.24, 2.45) is 0 Å². The van der Waals surface area contributed by atoms with Crippen molar-refractivity contribution in [3.05, 3.63) is 35.6 Å². The SMILES string of the molecule is CC(=O)NC(C)C(=O)NCc1ccc(F)cc1. The second-order valence-corrected chi connectivity index (χ2v) is 3.77. The summed E-state index contributed by atoms with van der Waals surface area (Å²) in [6, 6.07) is 5.28. The lowest BCUT2D eigenvalue weighted by Crippen LogP contribution is -2.43. The van der Waals surface area contributed by atoms with E-state index in [1.807, 2.05) is 0 Å². The van der Waals surface area contributed by atoms with Crippen molar-refractivity contribution in [3.63, 3.8) is 0 Å². The quantitative estimate of drug-likeness (QED) is 0.821. The van der Waals surface area contributed by atoms with E-state index >= 15 is 0 Å². The third-order valence-corrected chi connectivity index (χ3v) is 2.19. The minimum atomic E-state index is -0.576. The molecule has 0 radical (unpaired) electrons. The van der Waals surface area contributed by atoms with Crippen LogP contribution in [-0.4, -0.2) is 17.9 Å². The van der Waals surface area contributed by atoms with Gasteiger partial charge in [0.1, 0.15) is 11.9 Å². The summed E-state index contributed by atoms with van der Waals surface area (Å²) in [6.45, 7) is 3.26. The molecule has 0 fully saturated rings. The van der Waals surface area contributed by atoms with Crippen LogP contribution in [0.5, 0.6) is 0 Å². The van der Waals surface area contributed by atoms with Gasteiger partial charge in [0.2, 0.25) is 11.8 Å². The third-order valence-electron chi connectivity index (χ3n) is 2.19. The van der Waals surface area contributed by atoms with Crippen LogP contribution in [0.4, 0.5) is 4.39 Å². The molecule has 1 unspecified atom stereocenters. The molecule has 0 heterocycles. The van der Waals surface area contributed by atoms with Crippen LogP contribution in [0.25, 0.3) is 0 Å². The first kappa shape index (κ1) is 13.2. The molecule has 5 heteroatoms. The number of carbonyl (C=O) groups excluding carboxylic acids is 2. The van der Waals surface area contributed by atoms with Gasteiger partial charge in [0.05, 0.1) is 0 Å². The Morgan fingerprint density at radius 1 is 1.29 bits per heavy atom. The molecular formula is C12H15FN2O2. The third kappa shape index (κ3) is 4.63. The smallest absolute Gasteiger partial charge is 0.242 e. The van der Waals surface area contributed by atoms with Gasteiger partial charge in [0, 0.05) is 13.5 Å². The number of hydrogen-bond acceptors (Lipinski definition) is 2. The van der Waals surface area contributed by atoms with Crippen LogP contribution in [0.15, 0.2) is 24.3 Å². The number of rotatable bonds is 4. The van der Waals surface area contributed by atoms with E-state index in [2.05, 4.69) is 10.6 Å². The molecule has 92 valence electrons. The van der Waals surface area contributed by atoms with E-state index in [1.165, 1.54) is 19.1 Å². The van der Waals surface area contributed by atoms with E-state index in [1.54, 1.807) is 19.1 Å². The molecule has 2 amide bonds. The van der Waals surface area contributed by atoms with Gasteiger partial charge in [-0.25, -0.2) is 4.39 Å². The minimum Gasteiger partial charge on any atom is -0.350 e. The lowest BCUT2D eigenvalue weighted by molar-refractivity contribution is -0.127. The molecule has 0 bridgehead atoms. The first-order valence-electron chi connectivity index (χ1n) is 5.28. The molecule has 0 aliphatic heterocycles. The van der Waals surface area contributed by atoms with Gasteiger partial charge in [-0.1, -0.05) is 12.1 Å². The average Bonchev–Trinajstić information content (AvgIpc) is 2.27. The highest BCUT2D eigenvalue weighted by atomic mass is 19.1. The van der Waals surface area contributed by atoms with Crippen LogP contribution < -0.4 is 10.6 Å². The number of amides is 2. The molecule has 0 aromatic heterocycles. The molecule has 0 spiro atoms. The van der Waals surface area contributed by atoms with Crippen LogP contribution in [0.3, 0.4) is 0 Å². The summed E-state index contributed by atoms with van der Waals surface area (Å²) in [6.07, 6.45) is 0. The Bertz CT molecular complexity index is 403. The normalized spacial score (nSPS) is 11.7. The molecule has 0 saturated heterocycles. The molecule has 17 heavy (non-hydrogen) atoms. The van der Waals surface area contributed by atoms with E-state index in [9.17, 15) is 14.0 Å². The van der Waals surface area contributed by atoms with Crippen LogP contribution in [-0.2, 0) is 16.1 Å². The van der Waals surface area contributed by atoms with Gasteiger partial charge in [0.15, 0.2) is 0 Å². The zero-order valence-corrected chi connectivity index (χ0v) is 9.79. The molecule has 0 saturated carbocycles. The Balaban J connectivity index is 2.42. The molecule has 4 nitrogen and oxygen atoms in total. The van der Waals surface area contributed by atoms with Crippen molar-refractivity contribution in [1.29, 1.82) is 0 Å². The number of carbonyl (C=O) groups is 2. The van der Waals surface area contributed by atoms with Gasteiger partial charge in [-0.05, 0) is 24.6 Å². The minimum absolute atomic E-state index is 0.255. The van der Waals surface area contributed by atoms with Gasteiger partial charge in [0.25, 0.3) is 0 Å². The molecule has 1 rings (SSSR count). The Hall–Kier alpha value is -1.91. The highest BCUT2D eigenvalue weighted by Gasteiger charge is 2.12. The van der Waals surface area contributed by atoms with Gasteiger partial charge in [-0.15, -0.1) is 0 Å². The number of hydrogen-bond donors (Lipinski definition) is 2.